The first-order valence-electron chi connectivity index (χ1n) is 6.59. The third-order valence-corrected chi connectivity index (χ3v) is 3.22. The molecule has 0 spiro atoms. The summed E-state index contributed by atoms with van der Waals surface area (Å²) in [6.07, 6.45) is 0.723. The van der Waals surface area contributed by atoms with E-state index in [1.165, 1.54) is 0 Å². The molecule has 2 aromatic rings. The minimum Gasteiger partial charge on any atom is -0.332 e. The van der Waals surface area contributed by atoms with Gasteiger partial charge in [-0.15, -0.1) is 5.10 Å². The molecular weight excluding hydrogens is 276 g/mol. The third kappa shape index (κ3) is 3.36. The van der Waals surface area contributed by atoms with Gasteiger partial charge in [0.2, 0.25) is 5.82 Å². The van der Waals surface area contributed by atoms with Crippen LogP contribution < -0.4 is 0 Å². The Bertz CT molecular complexity index is 596. The number of nitrogens with zero attached hydrogens (tertiary/aromatic N) is 3. The van der Waals surface area contributed by atoms with Crippen molar-refractivity contribution in [3.05, 3.63) is 46.5 Å². The molecule has 0 atom stereocenters. The average Bonchev–Trinajstić information content (AvgIpc) is 2.93. The van der Waals surface area contributed by atoms with Gasteiger partial charge in [-0.2, -0.15) is 0 Å². The van der Waals surface area contributed by atoms with E-state index in [9.17, 15) is 4.79 Å². The van der Waals surface area contributed by atoms with E-state index in [0.717, 1.165) is 12.0 Å². The standard InChI is InChI=1S/C14H17ClN4O/c1-3-12-16-13(18-17-12)14(20)19(4-2)9-10-6-5-7-11(15)8-10/h5-8H,3-4,9H2,1-2H3,(H,16,17,18). The van der Waals surface area contributed by atoms with Crippen LogP contribution in [0.1, 0.15) is 35.9 Å². The summed E-state index contributed by atoms with van der Waals surface area (Å²) in [6.45, 7) is 4.96. The van der Waals surface area contributed by atoms with Gasteiger partial charge in [0.25, 0.3) is 5.91 Å². The summed E-state index contributed by atoms with van der Waals surface area (Å²) in [5.74, 6) is 0.751. The number of carbonyl (C=O) groups excluding carboxylic acids is 1. The number of benzene rings is 1. The highest BCUT2D eigenvalue weighted by molar-refractivity contribution is 6.30. The van der Waals surface area contributed by atoms with E-state index >= 15 is 0 Å². The minimum absolute atomic E-state index is 0.177. The second kappa shape index (κ2) is 6.52. The van der Waals surface area contributed by atoms with Crippen LogP contribution in [0.25, 0.3) is 0 Å². The number of halogens is 1. The SMILES string of the molecule is CCc1nc(C(=O)N(CC)Cc2cccc(Cl)c2)n[nH]1. The van der Waals surface area contributed by atoms with Crippen molar-refractivity contribution in [1.29, 1.82) is 0 Å². The molecule has 1 N–H and O–H groups in total. The lowest BCUT2D eigenvalue weighted by Gasteiger charge is -2.19. The second-order valence-electron chi connectivity index (χ2n) is 4.41. The summed E-state index contributed by atoms with van der Waals surface area (Å²) in [5, 5.41) is 7.38. The highest BCUT2D eigenvalue weighted by Gasteiger charge is 2.19. The fourth-order valence-electron chi connectivity index (χ4n) is 1.87. The molecule has 0 aliphatic heterocycles. The minimum atomic E-state index is -0.177. The molecular formula is C14H17ClN4O. The van der Waals surface area contributed by atoms with Crippen molar-refractivity contribution in [1.82, 2.24) is 20.1 Å². The molecule has 0 saturated heterocycles. The van der Waals surface area contributed by atoms with Crippen LogP contribution in [0.4, 0.5) is 0 Å². The smallest absolute Gasteiger partial charge is 0.293 e. The molecule has 0 aliphatic rings. The van der Waals surface area contributed by atoms with E-state index in [-0.39, 0.29) is 11.7 Å². The zero-order valence-corrected chi connectivity index (χ0v) is 12.3. The normalized spacial score (nSPS) is 10.6. The molecule has 106 valence electrons. The zero-order valence-electron chi connectivity index (χ0n) is 11.6. The van der Waals surface area contributed by atoms with Crippen LogP contribution in [0.3, 0.4) is 0 Å². The summed E-state index contributed by atoms with van der Waals surface area (Å²) in [5.41, 5.74) is 0.985. The predicted molar refractivity (Wildman–Crippen MR) is 77.6 cm³/mol. The lowest BCUT2D eigenvalue weighted by Crippen LogP contribution is -2.31. The Balaban J connectivity index is 2.13. The number of H-pyrrole nitrogens is 1. The maximum Gasteiger partial charge on any atom is 0.293 e. The lowest BCUT2D eigenvalue weighted by molar-refractivity contribution is 0.0740. The fourth-order valence-corrected chi connectivity index (χ4v) is 2.09. The van der Waals surface area contributed by atoms with Gasteiger partial charge in [-0.3, -0.25) is 9.89 Å². The monoisotopic (exact) mass is 292 g/mol. The molecule has 0 bridgehead atoms. The van der Waals surface area contributed by atoms with Crippen LogP contribution in [0.2, 0.25) is 5.02 Å². The van der Waals surface area contributed by atoms with Gasteiger partial charge in [0.15, 0.2) is 0 Å². The number of amides is 1. The number of aromatic nitrogens is 3. The molecule has 0 saturated carbocycles. The van der Waals surface area contributed by atoms with Crippen molar-refractivity contribution >= 4 is 17.5 Å². The maximum absolute atomic E-state index is 12.3. The Kier molecular flexibility index (Phi) is 4.74. The van der Waals surface area contributed by atoms with Crippen molar-refractivity contribution in [2.75, 3.05) is 6.54 Å². The Morgan fingerprint density at radius 1 is 1.40 bits per heavy atom. The molecule has 2 rings (SSSR count). The van der Waals surface area contributed by atoms with E-state index in [2.05, 4.69) is 15.2 Å². The highest BCUT2D eigenvalue weighted by Crippen LogP contribution is 2.13. The predicted octanol–water partition coefficient (Wildman–Crippen LogP) is 2.68. The van der Waals surface area contributed by atoms with Gasteiger partial charge >= 0.3 is 0 Å². The van der Waals surface area contributed by atoms with Crippen molar-refractivity contribution in [2.45, 2.75) is 26.8 Å². The molecule has 1 amide bonds. The van der Waals surface area contributed by atoms with Crippen molar-refractivity contribution in [3.63, 3.8) is 0 Å². The van der Waals surface area contributed by atoms with E-state index in [0.29, 0.717) is 23.9 Å². The molecule has 0 radical (unpaired) electrons. The van der Waals surface area contributed by atoms with Gasteiger partial charge in [-0.25, -0.2) is 4.98 Å². The summed E-state index contributed by atoms with van der Waals surface area (Å²) < 4.78 is 0. The molecule has 0 aliphatic carbocycles. The van der Waals surface area contributed by atoms with Crippen LogP contribution in [-0.4, -0.2) is 32.5 Å². The Labute approximate surface area is 123 Å². The quantitative estimate of drug-likeness (QED) is 0.921. The lowest BCUT2D eigenvalue weighted by atomic mass is 10.2. The number of rotatable bonds is 5. The van der Waals surface area contributed by atoms with Crippen LogP contribution in [0, 0.1) is 0 Å². The summed E-state index contributed by atoms with van der Waals surface area (Å²) in [6, 6.07) is 7.48. The fraction of sp³-hybridized carbons (Fsp3) is 0.357. The molecule has 5 nitrogen and oxygen atoms in total. The maximum atomic E-state index is 12.3. The van der Waals surface area contributed by atoms with Crippen LogP contribution in [0.5, 0.6) is 0 Å². The summed E-state index contributed by atoms with van der Waals surface area (Å²) in [4.78, 5) is 18.2. The van der Waals surface area contributed by atoms with Gasteiger partial charge in [0, 0.05) is 24.5 Å². The van der Waals surface area contributed by atoms with Crippen molar-refractivity contribution in [3.8, 4) is 0 Å². The molecule has 0 fully saturated rings. The number of carbonyl (C=O) groups is 1. The molecule has 1 heterocycles. The van der Waals surface area contributed by atoms with Gasteiger partial charge in [-0.05, 0) is 24.6 Å². The number of aryl methyl sites for hydroxylation is 1. The van der Waals surface area contributed by atoms with E-state index in [1.54, 1.807) is 4.90 Å². The summed E-state index contributed by atoms with van der Waals surface area (Å²) >= 11 is 5.96. The Morgan fingerprint density at radius 3 is 2.80 bits per heavy atom. The van der Waals surface area contributed by atoms with Gasteiger partial charge in [0.1, 0.15) is 5.82 Å². The van der Waals surface area contributed by atoms with Gasteiger partial charge in [0.05, 0.1) is 0 Å². The number of nitrogens with one attached hydrogen (secondary N) is 1. The first-order chi connectivity index (χ1) is 9.63. The first-order valence-corrected chi connectivity index (χ1v) is 6.96. The van der Waals surface area contributed by atoms with E-state index in [1.807, 2.05) is 38.1 Å². The number of hydrogen-bond donors (Lipinski definition) is 1. The largest absolute Gasteiger partial charge is 0.332 e. The highest BCUT2D eigenvalue weighted by atomic mass is 35.5. The van der Waals surface area contributed by atoms with Gasteiger partial charge in [-0.1, -0.05) is 30.7 Å². The molecule has 20 heavy (non-hydrogen) atoms. The van der Waals surface area contributed by atoms with Gasteiger partial charge < -0.3 is 4.90 Å². The van der Waals surface area contributed by atoms with Crippen molar-refractivity contribution < 1.29 is 4.79 Å². The molecule has 0 unspecified atom stereocenters. The second-order valence-corrected chi connectivity index (χ2v) is 4.84. The van der Waals surface area contributed by atoms with Crippen LogP contribution in [-0.2, 0) is 13.0 Å². The van der Waals surface area contributed by atoms with Crippen LogP contribution >= 0.6 is 11.6 Å². The third-order valence-electron chi connectivity index (χ3n) is 2.99. The number of hydrogen-bond acceptors (Lipinski definition) is 3. The topological polar surface area (TPSA) is 61.9 Å². The Morgan fingerprint density at radius 2 is 2.20 bits per heavy atom. The first kappa shape index (κ1) is 14.5. The Hall–Kier alpha value is -1.88. The van der Waals surface area contributed by atoms with Crippen molar-refractivity contribution in [2.24, 2.45) is 0 Å². The van der Waals surface area contributed by atoms with E-state index in [4.69, 9.17) is 11.6 Å². The van der Waals surface area contributed by atoms with E-state index < -0.39 is 0 Å². The summed E-state index contributed by atoms with van der Waals surface area (Å²) in [7, 11) is 0. The van der Waals surface area contributed by atoms with Crippen LogP contribution in [0.15, 0.2) is 24.3 Å². The average molecular weight is 293 g/mol. The number of aromatic amines is 1. The molecule has 1 aromatic carbocycles. The molecule has 1 aromatic heterocycles. The zero-order chi connectivity index (χ0) is 14.5. The molecule has 6 heteroatoms.